The molecular formula is C14H13Cl2NO3S. The number of hydrogen-bond donors (Lipinski definition) is 2. The lowest BCUT2D eigenvalue weighted by Gasteiger charge is -2.12. The van der Waals surface area contributed by atoms with Gasteiger partial charge in [0.25, 0.3) is 0 Å². The summed E-state index contributed by atoms with van der Waals surface area (Å²) in [6.07, 6.45) is 1.14. The van der Waals surface area contributed by atoms with Crippen molar-refractivity contribution in [3.63, 3.8) is 0 Å². The van der Waals surface area contributed by atoms with Crippen LogP contribution in [0.3, 0.4) is 0 Å². The maximum Gasteiger partial charge on any atom is 0.175 e. The molecule has 2 aromatic rings. The molecule has 0 atom stereocenters. The summed E-state index contributed by atoms with van der Waals surface area (Å²) < 4.78 is 23.6. The highest BCUT2D eigenvalue weighted by Crippen LogP contribution is 2.28. The van der Waals surface area contributed by atoms with Crippen molar-refractivity contribution >= 4 is 38.7 Å². The summed E-state index contributed by atoms with van der Waals surface area (Å²) in [6, 6.07) is 9.39. The molecule has 2 aromatic carbocycles. The molecule has 0 fully saturated rings. The maximum absolute atomic E-state index is 11.8. The van der Waals surface area contributed by atoms with Crippen LogP contribution >= 0.6 is 23.2 Å². The number of sulfone groups is 1. The summed E-state index contributed by atoms with van der Waals surface area (Å²) in [5.41, 5.74) is 1.14. The lowest BCUT2D eigenvalue weighted by molar-refractivity contribution is 0.475. The van der Waals surface area contributed by atoms with Gasteiger partial charge in [-0.25, -0.2) is 8.42 Å². The summed E-state index contributed by atoms with van der Waals surface area (Å²) in [5.74, 6) is -0.0169. The molecule has 0 saturated heterocycles. The Bertz CT molecular complexity index is 776. The smallest absolute Gasteiger partial charge is 0.175 e. The summed E-state index contributed by atoms with van der Waals surface area (Å²) in [5, 5.41) is 13.0. The number of benzene rings is 2. The first-order valence-electron chi connectivity index (χ1n) is 5.99. The monoisotopic (exact) mass is 345 g/mol. The highest BCUT2D eigenvalue weighted by molar-refractivity contribution is 7.90. The molecule has 0 spiro atoms. The average molecular weight is 346 g/mol. The fourth-order valence-electron chi connectivity index (χ4n) is 1.87. The van der Waals surface area contributed by atoms with Gasteiger partial charge in [0.2, 0.25) is 0 Å². The van der Waals surface area contributed by atoms with Gasteiger partial charge in [0.05, 0.1) is 9.92 Å². The number of aromatic hydroxyl groups is 1. The average Bonchev–Trinajstić information content (AvgIpc) is 2.40. The Morgan fingerprint density at radius 2 is 1.86 bits per heavy atom. The lowest BCUT2D eigenvalue weighted by atomic mass is 10.2. The van der Waals surface area contributed by atoms with Gasteiger partial charge in [-0.15, -0.1) is 0 Å². The van der Waals surface area contributed by atoms with E-state index in [-0.39, 0.29) is 22.2 Å². The quantitative estimate of drug-likeness (QED) is 0.828. The molecular weight excluding hydrogens is 333 g/mol. The van der Waals surface area contributed by atoms with Crippen LogP contribution in [-0.2, 0) is 16.4 Å². The number of phenolic OH excluding ortho intramolecular Hbond substituents is 1. The maximum atomic E-state index is 11.8. The van der Waals surface area contributed by atoms with Gasteiger partial charge in [-0.05, 0) is 30.3 Å². The number of hydrogen-bond acceptors (Lipinski definition) is 4. The van der Waals surface area contributed by atoms with Crippen molar-refractivity contribution in [3.8, 4) is 5.75 Å². The molecule has 0 aliphatic heterocycles. The molecule has 2 rings (SSSR count). The van der Waals surface area contributed by atoms with Gasteiger partial charge in [0.1, 0.15) is 5.75 Å². The predicted octanol–water partition coefficient (Wildman–Crippen LogP) is 3.71. The fraction of sp³-hybridized carbons (Fsp3) is 0.143. The summed E-state index contributed by atoms with van der Waals surface area (Å²) in [4.78, 5) is 0.187. The van der Waals surface area contributed by atoms with Crippen LogP contribution in [-0.4, -0.2) is 19.8 Å². The van der Waals surface area contributed by atoms with Crippen LogP contribution in [0.5, 0.6) is 5.75 Å². The van der Waals surface area contributed by atoms with E-state index in [1.807, 2.05) is 0 Å². The second-order valence-corrected chi connectivity index (χ2v) is 7.31. The van der Waals surface area contributed by atoms with Crippen molar-refractivity contribution in [2.24, 2.45) is 0 Å². The zero-order valence-corrected chi connectivity index (χ0v) is 13.4. The predicted molar refractivity (Wildman–Crippen MR) is 85.0 cm³/mol. The van der Waals surface area contributed by atoms with Gasteiger partial charge >= 0.3 is 0 Å². The first kappa shape index (κ1) is 15.9. The number of anilines is 1. The number of rotatable bonds is 4. The van der Waals surface area contributed by atoms with Crippen molar-refractivity contribution in [2.45, 2.75) is 11.4 Å². The van der Waals surface area contributed by atoms with Crippen molar-refractivity contribution in [3.05, 3.63) is 52.0 Å². The molecule has 0 aromatic heterocycles. The van der Waals surface area contributed by atoms with Crippen molar-refractivity contribution in [1.82, 2.24) is 0 Å². The van der Waals surface area contributed by atoms with E-state index in [1.54, 1.807) is 24.3 Å². The molecule has 0 saturated carbocycles. The van der Waals surface area contributed by atoms with Crippen LogP contribution in [0.25, 0.3) is 0 Å². The Labute approximate surface area is 133 Å². The van der Waals surface area contributed by atoms with Gasteiger partial charge in [-0.3, -0.25) is 0 Å². The normalized spacial score (nSPS) is 11.4. The summed E-state index contributed by atoms with van der Waals surface area (Å²) in [7, 11) is -3.37. The van der Waals surface area contributed by atoms with E-state index in [0.717, 1.165) is 6.26 Å². The minimum absolute atomic E-state index is 0.0169. The largest absolute Gasteiger partial charge is 0.506 e. The molecule has 0 bridgehead atoms. The Morgan fingerprint density at radius 1 is 1.14 bits per heavy atom. The SMILES string of the molecule is CS(=O)(=O)c1cccc(Cl)c1CNc1ccc(O)c(Cl)c1. The second kappa shape index (κ2) is 6.13. The van der Waals surface area contributed by atoms with Crippen LogP contribution in [0.1, 0.15) is 5.56 Å². The zero-order valence-electron chi connectivity index (χ0n) is 11.1. The molecule has 4 nitrogen and oxygen atoms in total. The van der Waals surface area contributed by atoms with Crippen LogP contribution < -0.4 is 5.32 Å². The standard InChI is InChI=1S/C14H13Cl2NO3S/c1-21(19,20)14-4-2-3-11(15)10(14)8-17-9-5-6-13(18)12(16)7-9/h2-7,17-18H,8H2,1H3. The van der Waals surface area contributed by atoms with Crippen molar-refractivity contribution < 1.29 is 13.5 Å². The summed E-state index contributed by atoms with van der Waals surface area (Å²) >= 11 is 11.9. The van der Waals surface area contributed by atoms with E-state index < -0.39 is 9.84 Å². The molecule has 0 unspecified atom stereocenters. The zero-order chi connectivity index (χ0) is 15.6. The molecule has 0 aliphatic rings. The number of phenols is 1. The second-order valence-electron chi connectivity index (χ2n) is 4.51. The number of nitrogens with one attached hydrogen (secondary N) is 1. The minimum atomic E-state index is -3.37. The molecule has 21 heavy (non-hydrogen) atoms. The first-order valence-corrected chi connectivity index (χ1v) is 8.63. The van der Waals surface area contributed by atoms with Gasteiger partial charge in [0, 0.05) is 29.1 Å². The Kier molecular flexibility index (Phi) is 4.66. The Balaban J connectivity index is 2.30. The van der Waals surface area contributed by atoms with Crippen LogP contribution in [0.2, 0.25) is 10.0 Å². The topological polar surface area (TPSA) is 66.4 Å². The molecule has 0 heterocycles. The molecule has 0 amide bonds. The first-order chi connectivity index (χ1) is 9.79. The summed E-state index contributed by atoms with van der Waals surface area (Å²) in [6.45, 7) is 0.225. The minimum Gasteiger partial charge on any atom is -0.506 e. The fourth-order valence-corrected chi connectivity index (χ4v) is 3.30. The number of halogens is 2. The van der Waals surface area contributed by atoms with Gasteiger partial charge < -0.3 is 10.4 Å². The molecule has 2 N–H and O–H groups in total. The van der Waals surface area contributed by atoms with Crippen molar-refractivity contribution in [1.29, 1.82) is 0 Å². The van der Waals surface area contributed by atoms with E-state index in [9.17, 15) is 13.5 Å². The molecule has 0 radical (unpaired) electrons. The van der Waals surface area contributed by atoms with E-state index in [4.69, 9.17) is 23.2 Å². The van der Waals surface area contributed by atoms with Crippen LogP contribution in [0.4, 0.5) is 5.69 Å². The van der Waals surface area contributed by atoms with Crippen LogP contribution in [0, 0.1) is 0 Å². The molecule has 112 valence electrons. The van der Waals surface area contributed by atoms with Gasteiger partial charge in [0.15, 0.2) is 9.84 Å². The van der Waals surface area contributed by atoms with Gasteiger partial charge in [-0.2, -0.15) is 0 Å². The molecule has 0 aliphatic carbocycles. The van der Waals surface area contributed by atoms with E-state index >= 15 is 0 Å². The van der Waals surface area contributed by atoms with E-state index in [0.29, 0.717) is 16.3 Å². The van der Waals surface area contributed by atoms with Crippen molar-refractivity contribution in [2.75, 3.05) is 11.6 Å². The van der Waals surface area contributed by atoms with E-state index in [1.165, 1.54) is 12.1 Å². The van der Waals surface area contributed by atoms with Crippen LogP contribution in [0.15, 0.2) is 41.3 Å². The third kappa shape index (κ3) is 3.81. The van der Waals surface area contributed by atoms with Gasteiger partial charge in [-0.1, -0.05) is 29.3 Å². The Morgan fingerprint density at radius 3 is 2.48 bits per heavy atom. The third-order valence-corrected chi connectivity index (χ3v) is 4.73. The van der Waals surface area contributed by atoms with E-state index in [2.05, 4.69) is 5.32 Å². The lowest BCUT2D eigenvalue weighted by Crippen LogP contribution is -2.07. The highest BCUT2D eigenvalue weighted by atomic mass is 35.5. The third-order valence-electron chi connectivity index (χ3n) is 2.89. The highest BCUT2D eigenvalue weighted by Gasteiger charge is 2.15. The molecule has 7 heteroatoms. The Hall–Kier alpha value is -1.43.